The van der Waals surface area contributed by atoms with Crippen molar-refractivity contribution in [3.05, 3.63) is 71.4 Å². The van der Waals surface area contributed by atoms with Crippen LogP contribution in [0.4, 0.5) is 5.69 Å². The van der Waals surface area contributed by atoms with E-state index in [4.69, 9.17) is 4.74 Å². The van der Waals surface area contributed by atoms with Gasteiger partial charge in [0.25, 0.3) is 0 Å². The number of rotatable bonds is 5. The van der Waals surface area contributed by atoms with E-state index in [-0.39, 0.29) is 5.78 Å². The average molecular weight is 281 g/mol. The molecule has 2 aromatic carbocycles. The lowest BCUT2D eigenvalue weighted by atomic mass is 10.1. The van der Waals surface area contributed by atoms with E-state index in [1.165, 1.54) is 17.2 Å². The Morgan fingerprint density at radius 3 is 2.67 bits per heavy atom. The van der Waals surface area contributed by atoms with Gasteiger partial charge in [0.05, 0.1) is 7.11 Å². The van der Waals surface area contributed by atoms with Crippen LogP contribution in [0.25, 0.3) is 0 Å². The van der Waals surface area contributed by atoms with Crippen molar-refractivity contribution in [2.24, 2.45) is 0 Å². The van der Waals surface area contributed by atoms with E-state index in [0.717, 1.165) is 5.69 Å². The lowest BCUT2D eigenvalue weighted by molar-refractivity contribution is 0.104. The van der Waals surface area contributed by atoms with Gasteiger partial charge in [0.1, 0.15) is 5.75 Å². The number of hydrogen-bond donors (Lipinski definition) is 1. The molecule has 0 fully saturated rings. The second-order valence-electron chi connectivity index (χ2n) is 4.82. The standard InChI is InChI=1S/C18H19NO2/c1-13-6-4-9-17(14(13)2)19-11-10-18(20)15-7-5-8-16(12-15)21-3/h4-12,19H,1-3H3/b11-10+. The second-order valence-corrected chi connectivity index (χ2v) is 4.82. The van der Waals surface area contributed by atoms with E-state index in [1.54, 1.807) is 31.5 Å². The highest BCUT2D eigenvalue weighted by molar-refractivity contribution is 6.04. The largest absolute Gasteiger partial charge is 0.497 e. The number of methoxy groups -OCH3 is 1. The van der Waals surface area contributed by atoms with Crippen LogP contribution in [0.3, 0.4) is 0 Å². The van der Waals surface area contributed by atoms with Gasteiger partial charge in [0.2, 0.25) is 0 Å². The first-order chi connectivity index (χ1) is 10.1. The van der Waals surface area contributed by atoms with Crippen LogP contribution < -0.4 is 10.1 Å². The van der Waals surface area contributed by atoms with E-state index >= 15 is 0 Å². The lowest BCUT2D eigenvalue weighted by Gasteiger charge is -2.07. The summed E-state index contributed by atoms with van der Waals surface area (Å²) in [5.41, 5.74) is 4.00. The number of nitrogens with one attached hydrogen (secondary N) is 1. The molecule has 0 bridgehead atoms. The van der Waals surface area contributed by atoms with Crippen LogP contribution in [0.15, 0.2) is 54.7 Å². The molecule has 0 radical (unpaired) electrons. The fourth-order valence-corrected chi connectivity index (χ4v) is 1.99. The molecule has 1 N–H and O–H groups in total. The monoisotopic (exact) mass is 281 g/mol. The van der Waals surface area contributed by atoms with E-state index in [0.29, 0.717) is 11.3 Å². The normalized spacial score (nSPS) is 10.6. The Morgan fingerprint density at radius 2 is 1.90 bits per heavy atom. The van der Waals surface area contributed by atoms with Crippen molar-refractivity contribution in [2.75, 3.05) is 12.4 Å². The fourth-order valence-electron chi connectivity index (χ4n) is 1.99. The van der Waals surface area contributed by atoms with Gasteiger partial charge in [-0.2, -0.15) is 0 Å². The van der Waals surface area contributed by atoms with Crippen LogP contribution in [0.5, 0.6) is 5.75 Å². The van der Waals surface area contributed by atoms with Crippen LogP contribution in [0.1, 0.15) is 21.5 Å². The summed E-state index contributed by atoms with van der Waals surface area (Å²) in [6.07, 6.45) is 3.19. The molecule has 3 nitrogen and oxygen atoms in total. The molecule has 3 heteroatoms. The maximum Gasteiger partial charge on any atom is 0.187 e. The topological polar surface area (TPSA) is 38.3 Å². The van der Waals surface area contributed by atoms with Crippen molar-refractivity contribution in [3.63, 3.8) is 0 Å². The van der Waals surface area contributed by atoms with Gasteiger partial charge in [-0.15, -0.1) is 0 Å². The molecule has 0 amide bonds. The number of carbonyl (C=O) groups excluding carboxylic acids is 1. The van der Waals surface area contributed by atoms with Crippen LogP contribution in [0.2, 0.25) is 0 Å². The minimum absolute atomic E-state index is 0.0632. The highest BCUT2D eigenvalue weighted by Gasteiger charge is 2.03. The van der Waals surface area contributed by atoms with Crippen LogP contribution in [0, 0.1) is 13.8 Å². The molecule has 0 saturated heterocycles. The molecule has 0 spiro atoms. The number of allylic oxidation sites excluding steroid dienone is 1. The second kappa shape index (κ2) is 6.75. The van der Waals surface area contributed by atoms with Gasteiger partial charge in [-0.05, 0) is 43.2 Å². The Morgan fingerprint density at radius 1 is 1.14 bits per heavy atom. The molecule has 2 rings (SSSR count). The third-order valence-electron chi connectivity index (χ3n) is 3.43. The molecule has 21 heavy (non-hydrogen) atoms. The van der Waals surface area contributed by atoms with E-state index in [9.17, 15) is 4.79 Å². The van der Waals surface area contributed by atoms with Gasteiger partial charge in [-0.1, -0.05) is 24.3 Å². The summed E-state index contributed by atoms with van der Waals surface area (Å²) in [6, 6.07) is 13.2. The van der Waals surface area contributed by atoms with Crippen molar-refractivity contribution in [1.82, 2.24) is 0 Å². The zero-order chi connectivity index (χ0) is 15.2. The van der Waals surface area contributed by atoms with Gasteiger partial charge in [-0.25, -0.2) is 0 Å². The summed E-state index contributed by atoms with van der Waals surface area (Å²) >= 11 is 0. The first-order valence-electron chi connectivity index (χ1n) is 6.79. The fraction of sp³-hybridized carbons (Fsp3) is 0.167. The first kappa shape index (κ1) is 14.9. The van der Waals surface area contributed by atoms with Crippen LogP contribution in [-0.2, 0) is 0 Å². The van der Waals surface area contributed by atoms with E-state index in [2.05, 4.69) is 25.2 Å². The summed E-state index contributed by atoms with van der Waals surface area (Å²) in [5, 5.41) is 3.15. The minimum atomic E-state index is -0.0632. The Bertz CT molecular complexity index is 675. The third-order valence-corrected chi connectivity index (χ3v) is 3.43. The molecule has 0 aliphatic rings. The highest BCUT2D eigenvalue weighted by Crippen LogP contribution is 2.18. The average Bonchev–Trinajstić information content (AvgIpc) is 2.51. The van der Waals surface area contributed by atoms with Crippen LogP contribution in [-0.4, -0.2) is 12.9 Å². The van der Waals surface area contributed by atoms with Crippen molar-refractivity contribution in [2.45, 2.75) is 13.8 Å². The predicted molar refractivity (Wildman–Crippen MR) is 86.0 cm³/mol. The maximum atomic E-state index is 12.1. The first-order valence-corrected chi connectivity index (χ1v) is 6.79. The Kier molecular flexibility index (Phi) is 4.77. The number of carbonyl (C=O) groups is 1. The molecular formula is C18H19NO2. The maximum absolute atomic E-state index is 12.1. The molecule has 0 aromatic heterocycles. The molecule has 0 heterocycles. The molecule has 2 aromatic rings. The molecule has 0 aliphatic heterocycles. The van der Waals surface area contributed by atoms with Crippen molar-refractivity contribution < 1.29 is 9.53 Å². The van der Waals surface area contributed by atoms with Gasteiger partial charge >= 0.3 is 0 Å². The summed E-state index contributed by atoms with van der Waals surface area (Å²) in [4.78, 5) is 12.1. The Balaban J connectivity index is 2.07. The zero-order valence-corrected chi connectivity index (χ0v) is 12.5. The van der Waals surface area contributed by atoms with Crippen molar-refractivity contribution >= 4 is 11.5 Å². The molecule has 108 valence electrons. The molecule has 0 saturated carbocycles. The SMILES string of the molecule is COc1cccc(C(=O)/C=C/Nc2cccc(C)c2C)c1. The number of hydrogen-bond acceptors (Lipinski definition) is 3. The quantitative estimate of drug-likeness (QED) is 0.662. The Labute approximate surface area is 125 Å². The smallest absolute Gasteiger partial charge is 0.187 e. The Hall–Kier alpha value is -2.55. The molecule has 0 aliphatic carbocycles. The minimum Gasteiger partial charge on any atom is -0.497 e. The highest BCUT2D eigenvalue weighted by atomic mass is 16.5. The van der Waals surface area contributed by atoms with Crippen LogP contribution >= 0.6 is 0 Å². The lowest BCUT2D eigenvalue weighted by Crippen LogP contribution is -1.98. The summed E-state index contributed by atoms with van der Waals surface area (Å²) in [5.74, 6) is 0.614. The van der Waals surface area contributed by atoms with Gasteiger partial charge in [0, 0.05) is 23.5 Å². The number of ether oxygens (including phenoxy) is 1. The number of aryl methyl sites for hydroxylation is 1. The third kappa shape index (κ3) is 3.72. The van der Waals surface area contributed by atoms with Crippen molar-refractivity contribution in [3.8, 4) is 5.75 Å². The van der Waals surface area contributed by atoms with Crippen molar-refractivity contribution in [1.29, 1.82) is 0 Å². The van der Waals surface area contributed by atoms with E-state index < -0.39 is 0 Å². The van der Waals surface area contributed by atoms with Gasteiger partial charge < -0.3 is 10.1 Å². The predicted octanol–water partition coefficient (Wildman–Crippen LogP) is 4.12. The van der Waals surface area contributed by atoms with E-state index in [1.807, 2.05) is 18.2 Å². The molecule has 0 atom stereocenters. The number of anilines is 1. The zero-order valence-electron chi connectivity index (χ0n) is 12.5. The van der Waals surface area contributed by atoms with Gasteiger partial charge in [-0.3, -0.25) is 4.79 Å². The molecular weight excluding hydrogens is 262 g/mol. The summed E-state index contributed by atoms with van der Waals surface area (Å²) in [6.45, 7) is 4.11. The number of ketones is 1. The number of benzene rings is 2. The summed E-state index contributed by atoms with van der Waals surface area (Å²) in [7, 11) is 1.58. The summed E-state index contributed by atoms with van der Waals surface area (Å²) < 4.78 is 5.12. The molecule has 0 unspecified atom stereocenters. The van der Waals surface area contributed by atoms with Gasteiger partial charge in [0.15, 0.2) is 5.78 Å².